The fraction of sp³-hybridized carbons (Fsp3) is 0.429. The molecule has 0 aliphatic carbocycles. The first-order chi connectivity index (χ1) is 9.68. The molecule has 1 amide bonds. The van der Waals surface area contributed by atoms with Gasteiger partial charge in [-0.25, -0.2) is 0 Å². The highest BCUT2D eigenvalue weighted by molar-refractivity contribution is 6.00. The van der Waals surface area contributed by atoms with Crippen molar-refractivity contribution in [3.8, 4) is 5.75 Å². The maximum Gasteiger partial charge on any atom is 0.311 e. The van der Waals surface area contributed by atoms with E-state index in [1.807, 2.05) is 0 Å². The SMILES string of the molecule is COc1c(C(=O)NCC(=O)C(C)(C)C)cccc1[N+](=O)[O-]. The minimum atomic E-state index is -0.629. The summed E-state index contributed by atoms with van der Waals surface area (Å²) in [4.78, 5) is 34.1. The van der Waals surface area contributed by atoms with Crippen LogP contribution < -0.4 is 10.1 Å². The van der Waals surface area contributed by atoms with Crippen molar-refractivity contribution >= 4 is 17.4 Å². The molecule has 0 aliphatic heterocycles. The van der Waals surface area contributed by atoms with Gasteiger partial charge < -0.3 is 10.1 Å². The number of hydrogen-bond donors (Lipinski definition) is 1. The minimum Gasteiger partial charge on any atom is -0.490 e. The van der Waals surface area contributed by atoms with Crippen LogP contribution in [0, 0.1) is 15.5 Å². The molecule has 0 aromatic heterocycles. The molecule has 0 bridgehead atoms. The van der Waals surface area contributed by atoms with Gasteiger partial charge in [0, 0.05) is 11.5 Å². The van der Waals surface area contributed by atoms with Gasteiger partial charge in [-0.3, -0.25) is 19.7 Å². The number of benzene rings is 1. The Morgan fingerprint density at radius 2 is 1.95 bits per heavy atom. The third-order valence-electron chi connectivity index (χ3n) is 2.89. The summed E-state index contributed by atoms with van der Waals surface area (Å²) in [5, 5.41) is 13.3. The summed E-state index contributed by atoms with van der Waals surface area (Å²) in [6.45, 7) is 5.09. The average molecular weight is 294 g/mol. The second-order valence-corrected chi connectivity index (χ2v) is 5.47. The van der Waals surface area contributed by atoms with Crippen molar-refractivity contribution in [2.45, 2.75) is 20.8 Å². The summed E-state index contributed by atoms with van der Waals surface area (Å²) < 4.78 is 4.95. The average Bonchev–Trinajstić information content (AvgIpc) is 2.42. The van der Waals surface area contributed by atoms with E-state index >= 15 is 0 Å². The lowest BCUT2D eigenvalue weighted by atomic mass is 9.91. The second-order valence-electron chi connectivity index (χ2n) is 5.47. The quantitative estimate of drug-likeness (QED) is 0.661. The van der Waals surface area contributed by atoms with Crippen molar-refractivity contribution in [1.29, 1.82) is 0 Å². The standard InChI is InChI=1S/C14H18N2O5/c1-14(2,3)11(17)8-15-13(18)9-6-5-7-10(16(19)20)12(9)21-4/h5-7H,8H2,1-4H3,(H,15,18). The Morgan fingerprint density at radius 3 is 2.43 bits per heavy atom. The Kier molecular flexibility index (Phi) is 5.02. The number of methoxy groups -OCH3 is 1. The number of ether oxygens (including phenoxy) is 1. The van der Waals surface area contributed by atoms with E-state index in [2.05, 4.69) is 5.32 Å². The van der Waals surface area contributed by atoms with Crippen LogP contribution in [0.5, 0.6) is 5.75 Å². The van der Waals surface area contributed by atoms with Crippen LogP contribution in [0.2, 0.25) is 0 Å². The van der Waals surface area contributed by atoms with Crippen LogP contribution >= 0.6 is 0 Å². The number of carbonyl (C=O) groups excluding carboxylic acids is 2. The van der Waals surface area contributed by atoms with Crippen LogP contribution in [0.1, 0.15) is 31.1 Å². The molecular formula is C14H18N2O5. The molecule has 0 heterocycles. The summed E-state index contributed by atoms with van der Waals surface area (Å²) in [7, 11) is 1.25. The monoisotopic (exact) mass is 294 g/mol. The van der Waals surface area contributed by atoms with E-state index in [4.69, 9.17) is 4.74 Å². The molecule has 21 heavy (non-hydrogen) atoms. The van der Waals surface area contributed by atoms with Gasteiger partial charge in [-0.1, -0.05) is 26.8 Å². The van der Waals surface area contributed by atoms with Crippen LogP contribution in [0.4, 0.5) is 5.69 Å². The first-order valence-corrected chi connectivity index (χ1v) is 6.31. The predicted octanol–water partition coefficient (Wildman–Crippen LogP) is 1.95. The lowest BCUT2D eigenvalue weighted by Gasteiger charge is -2.17. The Hall–Kier alpha value is -2.44. The number of hydrogen-bond acceptors (Lipinski definition) is 5. The van der Waals surface area contributed by atoms with Gasteiger partial charge in [0.2, 0.25) is 5.75 Å². The van der Waals surface area contributed by atoms with Crippen LogP contribution in [0.25, 0.3) is 0 Å². The highest BCUT2D eigenvalue weighted by Gasteiger charge is 2.25. The Morgan fingerprint density at radius 1 is 1.33 bits per heavy atom. The van der Waals surface area contributed by atoms with E-state index in [-0.39, 0.29) is 29.3 Å². The third kappa shape index (κ3) is 4.01. The number of rotatable bonds is 5. The van der Waals surface area contributed by atoms with E-state index in [1.54, 1.807) is 20.8 Å². The van der Waals surface area contributed by atoms with E-state index in [1.165, 1.54) is 25.3 Å². The molecule has 0 fully saturated rings. The summed E-state index contributed by atoms with van der Waals surface area (Å²) >= 11 is 0. The number of ketones is 1. The number of nitrogens with one attached hydrogen (secondary N) is 1. The molecule has 0 spiro atoms. The maximum atomic E-state index is 12.1. The summed E-state index contributed by atoms with van der Waals surface area (Å²) in [5.41, 5.74) is -0.847. The number of nitrogens with zero attached hydrogens (tertiary/aromatic N) is 1. The summed E-state index contributed by atoms with van der Waals surface area (Å²) in [5.74, 6) is -0.850. The van der Waals surface area contributed by atoms with Gasteiger partial charge in [-0.05, 0) is 6.07 Å². The van der Waals surface area contributed by atoms with Crippen LogP contribution in [0.3, 0.4) is 0 Å². The third-order valence-corrected chi connectivity index (χ3v) is 2.89. The molecule has 0 atom stereocenters. The van der Waals surface area contributed by atoms with Crippen molar-refractivity contribution in [2.75, 3.05) is 13.7 Å². The first kappa shape index (κ1) is 16.6. The van der Waals surface area contributed by atoms with E-state index < -0.39 is 16.2 Å². The molecule has 0 unspecified atom stereocenters. The fourth-order valence-corrected chi connectivity index (χ4v) is 1.58. The maximum absolute atomic E-state index is 12.1. The van der Waals surface area contributed by atoms with Crippen molar-refractivity contribution < 1.29 is 19.2 Å². The van der Waals surface area contributed by atoms with Crippen LogP contribution in [-0.2, 0) is 4.79 Å². The van der Waals surface area contributed by atoms with Gasteiger partial charge in [0.1, 0.15) is 0 Å². The molecule has 1 N–H and O–H groups in total. The molecule has 1 rings (SSSR count). The van der Waals surface area contributed by atoms with Gasteiger partial charge in [0.15, 0.2) is 5.78 Å². The van der Waals surface area contributed by atoms with Crippen LogP contribution in [0.15, 0.2) is 18.2 Å². The Labute approximate surface area is 122 Å². The van der Waals surface area contributed by atoms with E-state index in [0.29, 0.717) is 0 Å². The molecule has 7 nitrogen and oxygen atoms in total. The lowest BCUT2D eigenvalue weighted by molar-refractivity contribution is -0.385. The molecule has 0 radical (unpaired) electrons. The zero-order valence-electron chi connectivity index (χ0n) is 12.4. The van der Waals surface area contributed by atoms with Gasteiger partial charge in [-0.15, -0.1) is 0 Å². The molecule has 0 saturated carbocycles. The number of amides is 1. The predicted molar refractivity (Wildman–Crippen MR) is 76.4 cm³/mol. The number of carbonyl (C=O) groups is 2. The van der Waals surface area contributed by atoms with E-state index in [9.17, 15) is 19.7 Å². The van der Waals surface area contributed by atoms with Gasteiger partial charge in [0.05, 0.1) is 24.1 Å². The van der Waals surface area contributed by atoms with Gasteiger partial charge in [-0.2, -0.15) is 0 Å². The molecule has 1 aromatic rings. The van der Waals surface area contributed by atoms with E-state index in [0.717, 1.165) is 0 Å². The summed E-state index contributed by atoms with van der Waals surface area (Å²) in [6, 6.07) is 4.04. The Bertz CT molecular complexity index is 575. The van der Waals surface area contributed by atoms with Crippen molar-refractivity contribution in [3.05, 3.63) is 33.9 Å². The van der Waals surface area contributed by atoms with Crippen molar-refractivity contribution in [3.63, 3.8) is 0 Å². The number of para-hydroxylation sites is 1. The number of nitro benzene ring substituents is 1. The first-order valence-electron chi connectivity index (χ1n) is 6.31. The fourth-order valence-electron chi connectivity index (χ4n) is 1.58. The molecule has 1 aromatic carbocycles. The number of Topliss-reactive ketones (excluding diaryl/α,β-unsaturated/α-hetero) is 1. The highest BCUT2D eigenvalue weighted by atomic mass is 16.6. The zero-order valence-corrected chi connectivity index (χ0v) is 12.4. The smallest absolute Gasteiger partial charge is 0.311 e. The minimum absolute atomic E-state index is 0.0217. The van der Waals surface area contributed by atoms with Crippen molar-refractivity contribution in [1.82, 2.24) is 5.32 Å². The molecule has 7 heteroatoms. The van der Waals surface area contributed by atoms with Crippen LogP contribution in [-0.4, -0.2) is 30.3 Å². The second kappa shape index (κ2) is 6.34. The van der Waals surface area contributed by atoms with Gasteiger partial charge in [0.25, 0.3) is 5.91 Å². The largest absolute Gasteiger partial charge is 0.490 e. The number of nitro groups is 1. The topological polar surface area (TPSA) is 98.5 Å². The Balaban J connectivity index is 2.96. The van der Waals surface area contributed by atoms with Crippen molar-refractivity contribution in [2.24, 2.45) is 5.41 Å². The lowest BCUT2D eigenvalue weighted by Crippen LogP contribution is -2.35. The molecule has 0 saturated heterocycles. The molecular weight excluding hydrogens is 276 g/mol. The highest BCUT2D eigenvalue weighted by Crippen LogP contribution is 2.30. The summed E-state index contributed by atoms with van der Waals surface area (Å²) in [6.07, 6.45) is 0. The molecule has 114 valence electrons. The molecule has 0 aliphatic rings. The van der Waals surface area contributed by atoms with Gasteiger partial charge >= 0.3 is 5.69 Å². The zero-order chi connectivity index (χ0) is 16.2. The normalized spacial score (nSPS) is 10.9.